The van der Waals surface area contributed by atoms with Crippen LogP contribution in [0.15, 0.2) is 0 Å². The summed E-state index contributed by atoms with van der Waals surface area (Å²) < 4.78 is 0. The molecule has 11 heteroatoms. The van der Waals surface area contributed by atoms with Gasteiger partial charge in [-0.3, -0.25) is 14.4 Å². The maximum Gasteiger partial charge on any atom is 0.327 e. The second-order valence-electron chi connectivity index (χ2n) is 11.9. The Bertz CT molecular complexity index is 679. The monoisotopic (exact) mass is 633 g/mol. The topological polar surface area (TPSA) is 127 Å². The van der Waals surface area contributed by atoms with Gasteiger partial charge in [0, 0.05) is 30.8 Å². The van der Waals surface area contributed by atoms with E-state index in [1.807, 2.05) is 0 Å². The van der Waals surface area contributed by atoms with Crippen molar-refractivity contribution in [2.45, 2.75) is 115 Å². The first kappa shape index (κ1) is 40.7. The molecular weight excluding hydrogens is 574 g/mol. The van der Waals surface area contributed by atoms with E-state index in [9.17, 15) is 29.4 Å². The molecule has 2 atom stereocenters. The Morgan fingerprint density at radius 2 is 1.02 bits per heavy atom. The van der Waals surface area contributed by atoms with E-state index in [2.05, 4.69) is 43.3 Å². The molecule has 0 aromatic rings. The first-order valence-electron chi connectivity index (χ1n) is 15.8. The van der Waals surface area contributed by atoms with Crippen LogP contribution in [0.25, 0.3) is 0 Å². The fourth-order valence-electron chi connectivity index (χ4n) is 4.51. The van der Waals surface area contributed by atoms with Gasteiger partial charge < -0.3 is 25.3 Å². The van der Waals surface area contributed by atoms with Crippen LogP contribution in [0.1, 0.15) is 109 Å². The highest BCUT2D eigenvalue weighted by Gasteiger charge is 2.23. The predicted octanol–water partition coefficient (Wildman–Crippen LogP) is 5.96. The number of nitrogens with one attached hydrogen (secondary N) is 1. The summed E-state index contributed by atoms with van der Waals surface area (Å²) in [5.41, 5.74) is 0. The van der Waals surface area contributed by atoms with Crippen molar-refractivity contribution < 1.29 is 29.4 Å². The van der Waals surface area contributed by atoms with Crippen molar-refractivity contribution in [3.05, 3.63) is 0 Å². The molecule has 0 aliphatic carbocycles. The molecule has 0 heterocycles. The summed E-state index contributed by atoms with van der Waals surface area (Å²) in [4.78, 5) is 52.3. The van der Waals surface area contributed by atoms with Crippen molar-refractivity contribution in [3.63, 3.8) is 0 Å². The van der Waals surface area contributed by atoms with Crippen LogP contribution in [0.4, 0.5) is 0 Å². The number of hydrogen-bond donors (Lipinski definition) is 3. The molecule has 9 nitrogen and oxygen atoms in total. The van der Waals surface area contributed by atoms with Gasteiger partial charge in [-0.05, 0) is 67.0 Å². The minimum absolute atomic E-state index is 0.00259. The lowest BCUT2D eigenvalue weighted by Crippen LogP contribution is -2.42. The molecule has 0 saturated carbocycles. The Morgan fingerprint density at radius 1 is 0.595 bits per heavy atom. The number of aliphatic carboxylic acids is 2. The van der Waals surface area contributed by atoms with E-state index in [-0.39, 0.29) is 29.6 Å². The van der Waals surface area contributed by atoms with Gasteiger partial charge in [-0.15, -0.1) is 0 Å². The number of unbranched alkanes of at least 4 members (excludes halogenated alkanes) is 12. The van der Waals surface area contributed by atoms with E-state index < -0.39 is 23.9 Å². The molecule has 0 saturated heterocycles. The molecule has 0 fully saturated rings. The van der Waals surface area contributed by atoms with Gasteiger partial charge in [0.05, 0.1) is 5.92 Å². The second kappa shape index (κ2) is 27.3. The van der Waals surface area contributed by atoms with Gasteiger partial charge in [0.15, 0.2) is 0 Å². The largest absolute Gasteiger partial charge is 0.481 e. The van der Waals surface area contributed by atoms with Gasteiger partial charge in [-0.25, -0.2) is 4.79 Å². The number of ketones is 1. The molecule has 0 radical (unpaired) electrons. The molecule has 1 amide bonds. The molecule has 0 spiro atoms. The number of carbonyl (C=O) groups excluding carboxylic acids is 2. The minimum Gasteiger partial charge on any atom is -0.481 e. The summed E-state index contributed by atoms with van der Waals surface area (Å²) in [7, 11) is 10.8. The van der Waals surface area contributed by atoms with Crippen molar-refractivity contribution >= 4 is 45.2 Å². The maximum atomic E-state index is 12.3. The molecule has 2 unspecified atom stereocenters. The molecule has 0 aliphatic heterocycles. The van der Waals surface area contributed by atoms with Crippen molar-refractivity contribution in [2.24, 2.45) is 5.92 Å². The first-order chi connectivity index (χ1) is 20.0. The number of amides is 1. The van der Waals surface area contributed by atoms with E-state index in [1.54, 1.807) is 0 Å². The molecule has 0 rings (SSSR count). The Hall–Kier alpha value is -1.30. The third-order valence-corrected chi connectivity index (χ3v) is 9.61. The highest BCUT2D eigenvalue weighted by Crippen LogP contribution is 2.27. The van der Waals surface area contributed by atoms with Crippen LogP contribution < -0.4 is 5.32 Å². The molecule has 246 valence electrons. The predicted molar refractivity (Wildman–Crippen MR) is 176 cm³/mol. The Kier molecular flexibility index (Phi) is 26.4. The zero-order valence-electron chi connectivity index (χ0n) is 26.7. The highest BCUT2D eigenvalue weighted by atomic mass is 33.1. The maximum absolute atomic E-state index is 12.3. The van der Waals surface area contributed by atoms with Gasteiger partial charge in [0.1, 0.15) is 11.8 Å². The van der Waals surface area contributed by atoms with Gasteiger partial charge in [0.25, 0.3) is 0 Å². The Morgan fingerprint density at radius 3 is 1.48 bits per heavy atom. The van der Waals surface area contributed by atoms with E-state index in [1.165, 1.54) is 66.5 Å². The molecule has 0 aromatic heterocycles. The van der Waals surface area contributed by atoms with Crippen molar-refractivity contribution in [1.29, 1.82) is 0 Å². The van der Waals surface area contributed by atoms with Gasteiger partial charge in [-0.1, -0.05) is 85.8 Å². The fraction of sp³-hybridized carbons (Fsp3) is 0.871. The van der Waals surface area contributed by atoms with Crippen LogP contribution in [-0.4, -0.2) is 102 Å². The highest BCUT2D eigenvalue weighted by molar-refractivity contribution is 8.76. The molecular formula is C31H59N3O6S2. The van der Waals surface area contributed by atoms with E-state index in [4.69, 9.17) is 0 Å². The lowest BCUT2D eigenvalue weighted by molar-refractivity contribution is -0.143. The van der Waals surface area contributed by atoms with Crippen LogP contribution in [0.2, 0.25) is 0 Å². The standard InChI is InChI=1S/C31H59N3O6S2/c1-33(2)21-17-13-9-5-7-11-15-19-27(35)23-26(30(37)38)24-41-42-25-28(31(39)40)32-29(36)20-16-12-8-6-10-14-18-22-34(3)4/h26,28H,5-25H2,1-4H3,(H,32,36)(H,37,38)(H,39,40). The van der Waals surface area contributed by atoms with Gasteiger partial charge in [0.2, 0.25) is 5.91 Å². The molecule has 3 N–H and O–H groups in total. The van der Waals surface area contributed by atoms with Crippen molar-refractivity contribution in [1.82, 2.24) is 15.1 Å². The Balaban J connectivity index is 4.06. The number of hydrogen-bond acceptors (Lipinski definition) is 8. The van der Waals surface area contributed by atoms with Crippen LogP contribution in [-0.2, 0) is 19.2 Å². The summed E-state index contributed by atoms with van der Waals surface area (Å²) in [6.45, 7) is 2.23. The van der Waals surface area contributed by atoms with Gasteiger partial charge in [-0.2, -0.15) is 0 Å². The molecule has 0 bridgehead atoms. The van der Waals surface area contributed by atoms with Gasteiger partial charge >= 0.3 is 11.9 Å². The fourth-order valence-corrected chi connectivity index (χ4v) is 6.97. The number of rotatable bonds is 30. The average molecular weight is 634 g/mol. The van der Waals surface area contributed by atoms with Crippen molar-refractivity contribution in [2.75, 3.05) is 52.8 Å². The third-order valence-electron chi connectivity index (χ3n) is 7.11. The zero-order chi connectivity index (χ0) is 31.6. The number of carboxylic acid groups (broad SMARTS) is 2. The molecule has 0 aliphatic rings. The summed E-state index contributed by atoms with van der Waals surface area (Å²) in [6, 6.07) is -1.02. The summed E-state index contributed by atoms with van der Waals surface area (Å²) in [5.74, 6) is -2.85. The smallest absolute Gasteiger partial charge is 0.327 e. The first-order valence-corrected chi connectivity index (χ1v) is 18.3. The number of Topliss-reactive ketones (excluding diaryl/α,β-unsaturated/α-hetero) is 1. The summed E-state index contributed by atoms with van der Waals surface area (Å²) in [6.07, 6.45) is 16.0. The number of carbonyl (C=O) groups is 4. The van der Waals surface area contributed by atoms with Crippen LogP contribution in [0.5, 0.6) is 0 Å². The van der Waals surface area contributed by atoms with E-state index in [0.717, 1.165) is 58.0 Å². The minimum atomic E-state index is -1.10. The normalized spacial score (nSPS) is 12.9. The lowest BCUT2D eigenvalue weighted by atomic mass is 10.00. The zero-order valence-corrected chi connectivity index (χ0v) is 28.4. The van der Waals surface area contributed by atoms with Crippen LogP contribution in [0, 0.1) is 5.92 Å². The Labute approximate surface area is 263 Å². The van der Waals surface area contributed by atoms with Crippen LogP contribution in [0.3, 0.4) is 0 Å². The number of carboxylic acids is 2. The summed E-state index contributed by atoms with van der Waals surface area (Å²) in [5, 5.41) is 21.6. The lowest BCUT2D eigenvalue weighted by Gasteiger charge is -2.15. The van der Waals surface area contributed by atoms with E-state index >= 15 is 0 Å². The SMILES string of the molecule is CN(C)CCCCCCCCCC(=O)CC(CSSCC(NC(=O)CCCCCCCCCN(C)C)C(=O)O)C(=O)O. The second-order valence-corrected chi connectivity index (χ2v) is 14.4. The van der Waals surface area contributed by atoms with Crippen molar-refractivity contribution in [3.8, 4) is 0 Å². The summed E-state index contributed by atoms with van der Waals surface area (Å²) >= 11 is 0. The molecule has 42 heavy (non-hydrogen) atoms. The van der Waals surface area contributed by atoms with E-state index in [0.29, 0.717) is 12.8 Å². The third kappa shape index (κ3) is 26.3. The van der Waals surface area contributed by atoms with Crippen LogP contribution >= 0.6 is 21.6 Å². The number of nitrogens with zero attached hydrogens (tertiary/aromatic N) is 2. The quantitative estimate of drug-likeness (QED) is 0.0644. The average Bonchev–Trinajstić information content (AvgIpc) is 2.91. The molecule has 0 aromatic carbocycles.